The van der Waals surface area contributed by atoms with Crippen LogP contribution in [0, 0.1) is 5.92 Å². The van der Waals surface area contributed by atoms with E-state index in [1.54, 1.807) is 7.11 Å². The van der Waals surface area contributed by atoms with Gasteiger partial charge in [-0.25, -0.2) is 9.67 Å². The van der Waals surface area contributed by atoms with Gasteiger partial charge in [0.1, 0.15) is 12.4 Å². The average Bonchev–Trinajstić information content (AvgIpc) is 3.09. The number of methoxy groups -OCH3 is 1. The third-order valence-electron chi connectivity index (χ3n) is 5.67. The molecule has 0 bridgehead atoms. The van der Waals surface area contributed by atoms with Gasteiger partial charge in [-0.05, 0) is 38.6 Å². The number of guanidine groups is 1. The summed E-state index contributed by atoms with van der Waals surface area (Å²) in [5, 5.41) is 11.6. The van der Waals surface area contributed by atoms with Crippen LogP contribution in [0.3, 0.4) is 0 Å². The molecule has 0 spiro atoms. The molecule has 1 saturated heterocycles. The molecule has 1 aromatic rings. The van der Waals surface area contributed by atoms with Gasteiger partial charge in [0.25, 0.3) is 0 Å². The molecule has 2 N–H and O–H groups in total. The lowest BCUT2D eigenvalue weighted by molar-refractivity contribution is 0.137. The lowest BCUT2D eigenvalue weighted by Crippen LogP contribution is -2.48. The number of hydrogen-bond donors (Lipinski definition) is 2. The van der Waals surface area contributed by atoms with E-state index in [-0.39, 0.29) is 0 Å². The van der Waals surface area contributed by atoms with Crippen molar-refractivity contribution in [1.29, 1.82) is 0 Å². The number of hydrogen-bond acceptors (Lipinski definition) is 5. The molecule has 164 valence electrons. The van der Waals surface area contributed by atoms with E-state index in [9.17, 15) is 0 Å². The number of aromatic nitrogens is 3. The summed E-state index contributed by atoms with van der Waals surface area (Å²) < 4.78 is 7.18. The van der Waals surface area contributed by atoms with Gasteiger partial charge in [0.05, 0.1) is 13.1 Å². The van der Waals surface area contributed by atoms with Crippen molar-refractivity contribution in [2.45, 2.75) is 78.1 Å². The van der Waals surface area contributed by atoms with Crippen LogP contribution in [0.4, 0.5) is 0 Å². The Balaban J connectivity index is 1.58. The van der Waals surface area contributed by atoms with Crippen LogP contribution < -0.4 is 10.6 Å². The second-order valence-electron chi connectivity index (χ2n) is 8.70. The normalized spacial score (nSPS) is 23.3. The van der Waals surface area contributed by atoms with Crippen molar-refractivity contribution in [2.24, 2.45) is 10.9 Å². The Morgan fingerprint density at radius 1 is 1.31 bits per heavy atom. The molecule has 2 aliphatic rings. The molecule has 2 aliphatic heterocycles. The van der Waals surface area contributed by atoms with Gasteiger partial charge >= 0.3 is 0 Å². The van der Waals surface area contributed by atoms with Crippen LogP contribution in [0.15, 0.2) is 4.99 Å². The van der Waals surface area contributed by atoms with Gasteiger partial charge in [-0.15, -0.1) is 0 Å². The van der Waals surface area contributed by atoms with Crippen molar-refractivity contribution in [1.82, 2.24) is 30.3 Å². The third kappa shape index (κ3) is 6.40. The van der Waals surface area contributed by atoms with Crippen LogP contribution >= 0.6 is 0 Å². The van der Waals surface area contributed by atoms with Crippen molar-refractivity contribution in [2.75, 3.05) is 33.3 Å². The maximum atomic E-state index is 5.16. The standard InChI is InChI=1S/C21H39N7O/c1-5-22-21(23-12-18-8-6-7-11-27(18)13-16(2)3)24-17-9-10-20-25-19(15-29-4)26-28(20)14-17/h16-18H,5-15H2,1-4H3,(H2,22,23,24). The third-order valence-corrected chi connectivity index (χ3v) is 5.67. The highest BCUT2D eigenvalue weighted by atomic mass is 16.5. The minimum absolute atomic E-state index is 0.315. The number of nitrogens with zero attached hydrogens (tertiary/aromatic N) is 5. The molecule has 2 atom stereocenters. The molecule has 8 nitrogen and oxygen atoms in total. The lowest BCUT2D eigenvalue weighted by Gasteiger charge is -2.36. The van der Waals surface area contributed by atoms with E-state index >= 15 is 0 Å². The van der Waals surface area contributed by atoms with Gasteiger partial charge in [0, 0.05) is 38.7 Å². The van der Waals surface area contributed by atoms with E-state index in [0.29, 0.717) is 24.6 Å². The first-order valence-electron chi connectivity index (χ1n) is 11.3. The summed E-state index contributed by atoms with van der Waals surface area (Å²) in [6, 6.07) is 0.877. The highest BCUT2D eigenvalue weighted by Gasteiger charge is 2.24. The summed E-state index contributed by atoms with van der Waals surface area (Å²) >= 11 is 0. The van der Waals surface area contributed by atoms with Crippen molar-refractivity contribution in [3.05, 3.63) is 11.6 Å². The predicted octanol–water partition coefficient (Wildman–Crippen LogP) is 1.80. The van der Waals surface area contributed by atoms with E-state index in [1.165, 1.54) is 32.4 Å². The van der Waals surface area contributed by atoms with Gasteiger partial charge in [0.2, 0.25) is 0 Å². The molecule has 0 aromatic carbocycles. The number of rotatable bonds is 8. The molecule has 1 fully saturated rings. The van der Waals surface area contributed by atoms with Crippen molar-refractivity contribution >= 4 is 5.96 Å². The van der Waals surface area contributed by atoms with Crippen molar-refractivity contribution in [3.8, 4) is 0 Å². The smallest absolute Gasteiger partial charge is 0.191 e. The number of fused-ring (bicyclic) bond motifs is 1. The maximum absolute atomic E-state index is 5.16. The summed E-state index contributed by atoms with van der Waals surface area (Å²) in [7, 11) is 1.68. The highest BCUT2D eigenvalue weighted by molar-refractivity contribution is 5.80. The Hall–Kier alpha value is -1.67. The van der Waals surface area contributed by atoms with E-state index in [1.807, 2.05) is 4.68 Å². The molecule has 1 aromatic heterocycles. The number of nitrogens with one attached hydrogen (secondary N) is 2. The van der Waals surface area contributed by atoms with Gasteiger partial charge in [0.15, 0.2) is 11.8 Å². The van der Waals surface area contributed by atoms with Crippen molar-refractivity contribution in [3.63, 3.8) is 0 Å². The molecule has 3 heterocycles. The average molecular weight is 406 g/mol. The van der Waals surface area contributed by atoms with Crippen LogP contribution in [0.5, 0.6) is 0 Å². The number of aryl methyl sites for hydroxylation is 1. The molecule has 0 saturated carbocycles. The first-order chi connectivity index (χ1) is 14.1. The molecular weight excluding hydrogens is 366 g/mol. The molecule has 8 heteroatoms. The largest absolute Gasteiger partial charge is 0.377 e. The van der Waals surface area contributed by atoms with E-state index in [4.69, 9.17) is 9.73 Å². The number of likely N-dealkylation sites (tertiary alicyclic amines) is 1. The van der Waals surface area contributed by atoms with E-state index < -0.39 is 0 Å². The topological polar surface area (TPSA) is 79.6 Å². The zero-order valence-electron chi connectivity index (χ0n) is 18.7. The maximum Gasteiger partial charge on any atom is 0.191 e. The fourth-order valence-electron chi connectivity index (χ4n) is 4.35. The Morgan fingerprint density at radius 3 is 2.93 bits per heavy atom. The zero-order chi connectivity index (χ0) is 20.6. The second-order valence-corrected chi connectivity index (χ2v) is 8.70. The number of piperidine rings is 1. The van der Waals surface area contributed by atoms with E-state index in [2.05, 4.69) is 46.4 Å². The first-order valence-corrected chi connectivity index (χ1v) is 11.3. The lowest BCUT2D eigenvalue weighted by atomic mass is 10.0. The van der Waals surface area contributed by atoms with Gasteiger partial charge in [-0.1, -0.05) is 20.3 Å². The molecule has 0 amide bonds. The quantitative estimate of drug-likeness (QED) is 0.507. The minimum atomic E-state index is 0.315. The molecule has 0 radical (unpaired) electrons. The van der Waals surface area contributed by atoms with Crippen LogP contribution in [-0.2, 0) is 24.3 Å². The van der Waals surface area contributed by atoms with Crippen LogP contribution in [0.1, 0.15) is 58.1 Å². The summed E-state index contributed by atoms with van der Waals surface area (Å²) in [6.07, 6.45) is 5.86. The minimum Gasteiger partial charge on any atom is -0.377 e. The predicted molar refractivity (Wildman–Crippen MR) is 116 cm³/mol. The van der Waals surface area contributed by atoms with E-state index in [0.717, 1.165) is 50.1 Å². The molecular formula is C21H39N7O. The summed E-state index contributed by atoms with van der Waals surface area (Å²) in [5.41, 5.74) is 0. The molecule has 29 heavy (non-hydrogen) atoms. The summed E-state index contributed by atoms with van der Waals surface area (Å²) in [4.78, 5) is 12.2. The monoisotopic (exact) mass is 405 g/mol. The molecule has 3 rings (SSSR count). The summed E-state index contributed by atoms with van der Waals surface area (Å²) in [6.45, 7) is 12.1. The first kappa shape index (κ1) is 22.0. The second kappa shape index (κ2) is 10.9. The van der Waals surface area contributed by atoms with Gasteiger partial charge in [-0.3, -0.25) is 9.89 Å². The Bertz CT molecular complexity index is 657. The van der Waals surface area contributed by atoms with Gasteiger partial charge < -0.3 is 15.4 Å². The Morgan fingerprint density at radius 2 is 2.17 bits per heavy atom. The van der Waals surface area contributed by atoms with Crippen molar-refractivity contribution < 1.29 is 4.74 Å². The van der Waals surface area contributed by atoms with Gasteiger partial charge in [-0.2, -0.15) is 5.10 Å². The molecule has 0 aliphatic carbocycles. The number of ether oxygens (including phenoxy) is 1. The Kier molecular flexibility index (Phi) is 8.29. The van der Waals surface area contributed by atoms with Crippen LogP contribution in [0.25, 0.3) is 0 Å². The van der Waals surface area contributed by atoms with Crippen LogP contribution in [-0.4, -0.2) is 71.0 Å². The fraction of sp³-hybridized carbons (Fsp3) is 0.857. The summed E-state index contributed by atoms with van der Waals surface area (Å²) in [5.74, 6) is 3.45. The fourth-order valence-corrected chi connectivity index (χ4v) is 4.35. The Labute approximate surface area is 175 Å². The van der Waals surface area contributed by atoms with Crippen LogP contribution in [0.2, 0.25) is 0 Å². The molecule has 2 unspecified atom stereocenters. The number of aliphatic imine (C=N–C) groups is 1. The zero-order valence-corrected chi connectivity index (χ0v) is 18.7. The highest BCUT2D eigenvalue weighted by Crippen LogP contribution is 2.19. The SMILES string of the molecule is CCNC(=NCC1CCCCN1CC(C)C)NC1CCc2nc(COC)nn2C1.